The van der Waals surface area contributed by atoms with E-state index in [0.29, 0.717) is 11.3 Å². The third kappa shape index (κ3) is 6.21. The fourth-order valence-electron chi connectivity index (χ4n) is 3.85. The topological polar surface area (TPSA) is 57.2 Å². The number of halogens is 1. The van der Waals surface area contributed by atoms with Gasteiger partial charge in [-0.15, -0.1) is 0 Å². The first-order valence-electron chi connectivity index (χ1n) is 10.9. The van der Waals surface area contributed by atoms with E-state index in [0.717, 1.165) is 42.8 Å². The number of hydrogen-bond acceptors (Lipinski definition) is 5. The number of amides is 1. The third-order valence-corrected chi connectivity index (χ3v) is 6.17. The molecule has 1 aliphatic rings. The molecule has 0 unspecified atom stereocenters. The highest BCUT2D eigenvalue weighted by atomic mass is 79.9. The van der Waals surface area contributed by atoms with Gasteiger partial charge in [-0.25, -0.2) is 5.43 Å². The van der Waals surface area contributed by atoms with E-state index in [1.54, 1.807) is 13.3 Å². The van der Waals surface area contributed by atoms with Gasteiger partial charge in [-0.05, 0) is 48.0 Å². The van der Waals surface area contributed by atoms with Crippen molar-refractivity contribution in [1.29, 1.82) is 0 Å². The van der Waals surface area contributed by atoms with E-state index in [1.807, 2.05) is 42.5 Å². The highest BCUT2D eigenvalue weighted by molar-refractivity contribution is 9.10. The lowest BCUT2D eigenvalue weighted by Crippen LogP contribution is -2.45. The first kappa shape index (κ1) is 23.0. The number of nitrogens with one attached hydrogen (secondary N) is 1. The summed E-state index contributed by atoms with van der Waals surface area (Å²) in [5.41, 5.74) is 6.41. The van der Waals surface area contributed by atoms with Crippen molar-refractivity contribution in [2.75, 3.05) is 38.2 Å². The summed E-state index contributed by atoms with van der Waals surface area (Å²) in [6.07, 6.45) is 1.57. The van der Waals surface area contributed by atoms with Crippen LogP contribution in [-0.4, -0.2) is 50.3 Å². The predicted molar refractivity (Wildman–Crippen MR) is 136 cm³/mol. The molecule has 0 atom stereocenters. The van der Waals surface area contributed by atoms with Crippen molar-refractivity contribution in [3.8, 4) is 5.75 Å². The van der Waals surface area contributed by atoms with Gasteiger partial charge in [0.05, 0.1) is 13.3 Å². The van der Waals surface area contributed by atoms with Crippen molar-refractivity contribution in [3.05, 3.63) is 94.0 Å². The van der Waals surface area contributed by atoms with E-state index < -0.39 is 0 Å². The summed E-state index contributed by atoms with van der Waals surface area (Å²) in [5, 5.41) is 4.08. The highest BCUT2D eigenvalue weighted by Crippen LogP contribution is 2.21. The van der Waals surface area contributed by atoms with Crippen molar-refractivity contribution >= 4 is 33.7 Å². The zero-order chi connectivity index (χ0) is 23.0. The van der Waals surface area contributed by atoms with E-state index in [2.05, 4.69) is 66.6 Å². The Labute approximate surface area is 203 Å². The molecule has 1 heterocycles. The summed E-state index contributed by atoms with van der Waals surface area (Å²) in [6, 6.07) is 23.9. The van der Waals surface area contributed by atoms with Crippen LogP contribution >= 0.6 is 15.9 Å². The molecule has 1 N–H and O–H groups in total. The zero-order valence-electron chi connectivity index (χ0n) is 18.6. The fraction of sp³-hybridized carbons (Fsp3) is 0.231. The van der Waals surface area contributed by atoms with Crippen LogP contribution in [0.5, 0.6) is 5.75 Å². The number of hydrazone groups is 1. The van der Waals surface area contributed by atoms with Gasteiger partial charge in [0, 0.05) is 54.0 Å². The molecule has 6 nitrogen and oxygen atoms in total. The standard InChI is InChI=1S/C26H27BrN4O2/c1-33-25-12-11-23(27)17-22(25)18-28-29-26(32)21-9-7-20(8-10-21)19-30-13-15-31(16-14-30)24-5-3-2-4-6-24/h2-12,17-18H,13-16,19H2,1H3,(H,29,32)/b28-18-. The second-order valence-electron chi connectivity index (χ2n) is 7.88. The highest BCUT2D eigenvalue weighted by Gasteiger charge is 2.17. The Hall–Kier alpha value is -3.16. The fourth-order valence-corrected chi connectivity index (χ4v) is 4.23. The number of nitrogens with zero attached hydrogens (tertiary/aromatic N) is 3. The van der Waals surface area contributed by atoms with Crippen molar-refractivity contribution in [1.82, 2.24) is 10.3 Å². The maximum atomic E-state index is 12.4. The largest absolute Gasteiger partial charge is 0.496 e. The second-order valence-corrected chi connectivity index (χ2v) is 8.80. The van der Waals surface area contributed by atoms with Gasteiger partial charge in [0.15, 0.2) is 0 Å². The molecule has 1 amide bonds. The normalized spacial score (nSPS) is 14.4. The molecular formula is C26H27BrN4O2. The second kappa shape index (κ2) is 11.1. The Kier molecular flexibility index (Phi) is 7.75. The summed E-state index contributed by atoms with van der Waals surface area (Å²) in [6.45, 7) is 4.96. The quantitative estimate of drug-likeness (QED) is 0.377. The summed E-state index contributed by atoms with van der Waals surface area (Å²) in [4.78, 5) is 17.3. The van der Waals surface area contributed by atoms with Crippen LogP contribution in [0.4, 0.5) is 5.69 Å². The Balaban J connectivity index is 1.28. The van der Waals surface area contributed by atoms with Crippen molar-refractivity contribution in [3.63, 3.8) is 0 Å². The number of anilines is 1. The molecule has 0 bridgehead atoms. The molecule has 0 spiro atoms. The molecule has 0 radical (unpaired) electrons. The number of hydrogen-bond donors (Lipinski definition) is 1. The molecule has 1 aliphatic heterocycles. The number of methoxy groups -OCH3 is 1. The van der Waals surface area contributed by atoms with Gasteiger partial charge in [0.2, 0.25) is 0 Å². The molecule has 1 fully saturated rings. The molecule has 0 aliphatic carbocycles. The maximum absolute atomic E-state index is 12.4. The summed E-state index contributed by atoms with van der Waals surface area (Å²) in [5.74, 6) is 0.438. The molecular weight excluding hydrogens is 480 g/mol. The van der Waals surface area contributed by atoms with Gasteiger partial charge in [0.25, 0.3) is 5.91 Å². The molecule has 1 saturated heterocycles. The first-order valence-corrected chi connectivity index (χ1v) is 11.7. The molecule has 170 valence electrons. The number of carbonyl (C=O) groups is 1. The zero-order valence-corrected chi connectivity index (χ0v) is 20.2. The van der Waals surface area contributed by atoms with E-state index >= 15 is 0 Å². The number of ether oxygens (including phenoxy) is 1. The third-order valence-electron chi connectivity index (χ3n) is 5.68. The van der Waals surface area contributed by atoms with E-state index in [9.17, 15) is 4.79 Å². The Bertz CT molecular complexity index is 1100. The van der Waals surface area contributed by atoms with Crippen LogP contribution in [0.3, 0.4) is 0 Å². The average molecular weight is 507 g/mol. The van der Waals surface area contributed by atoms with Gasteiger partial charge in [-0.1, -0.05) is 46.3 Å². The first-order chi connectivity index (χ1) is 16.1. The van der Waals surface area contributed by atoms with E-state index in [-0.39, 0.29) is 5.91 Å². The van der Waals surface area contributed by atoms with Gasteiger partial charge in [-0.3, -0.25) is 9.69 Å². The summed E-state index contributed by atoms with van der Waals surface area (Å²) in [7, 11) is 1.60. The van der Waals surface area contributed by atoms with Crippen molar-refractivity contribution in [2.24, 2.45) is 5.10 Å². The SMILES string of the molecule is COc1ccc(Br)cc1/C=N\NC(=O)c1ccc(CN2CCN(c3ccccc3)CC2)cc1. The minimum atomic E-state index is -0.247. The van der Waals surface area contributed by atoms with Crippen LogP contribution in [0.1, 0.15) is 21.5 Å². The van der Waals surface area contributed by atoms with Crippen molar-refractivity contribution in [2.45, 2.75) is 6.54 Å². The van der Waals surface area contributed by atoms with Gasteiger partial charge < -0.3 is 9.64 Å². The molecule has 0 aromatic heterocycles. The monoisotopic (exact) mass is 506 g/mol. The van der Waals surface area contributed by atoms with Crippen LogP contribution < -0.4 is 15.1 Å². The van der Waals surface area contributed by atoms with E-state index in [4.69, 9.17) is 4.74 Å². The molecule has 7 heteroatoms. The van der Waals surface area contributed by atoms with E-state index in [1.165, 1.54) is 11.3 Å². The van der Waals surface area contributed by atoms with Crippen LogP contribution in [0, 0.1) is 0 Å². The number of rotatable bonds is 7. The van der Waals surface area contributed by atoms with Crippen LogP contribution in [0.2, 0.25) is 0 Å². The lowest BCUT2D eigenvalue weighted by molar-refractivity contribution is 0.0955. The van der Waals surface area contributed by atoms with Gasteiger partial charge in [0.1, 0.15) is 5.75 Å². The molecule has 3 aromatic rings. The molecule has 3 aromatic carbocycles. The average Bonchev–Trinajstić information content (AvgIpc) is 2.85. The van der Waals surface area contributed by atoms with Crippen LogP contribution in [0.15, 0.2) is 82.4 Å². The molecule has 33 heavy (non-hydrogen) atoms. The number of benzene rings is 3. The number of carbonyl (C=O) groups excluding carboxylic acids is 1. The Morgan fingerprint density at radius 3 is 2.45 bits per heavy atom. The molecule has 0 saturated carbocycles. The maximum Gasteiger partial charge on any atom is 0.271 e. The molecule has 4 rings (SSSR count). The predicted octanol–water partition coefficient (Wildman–Crippen LogP) is 4.54. The summed E-state index contributed by atoms with van der Waals surface area (Å²) >= 11 is 3.43. The minimum absolute atomic E-state index is 0.247. The van der Waals surface area contributed by atoms with Gasteiger partial charge in [-0.2, -0.15) is 5.10 Å². The Morgan fingerprint density at radius 2 is 1.76 bits per heavy atom. The smallest absolute Gasteiger partial charge is 0.271 e. The minimum Gasteiger partial charge on any atom is -0.496 e. The van der Waals surface area contributed by atoms with Crippen LogP contribution in [0.25, 0.3) is 0 Å². The summed E-state index contributed by atoms with van der Waals surface area (Å²) < 4.78 is 6.23. The van der Waals surface area contributed by atoms with Crippen molar-refractivity contribution < 1.29 is 9.53 Å². The van der Waals surface area contributed by atoms with Gasteiger partial charge >= 0.3 is 0 Å². The van der Waals surface area contributed by atoms with Crippen LogP contribution in [-0.2, 0) is 6.54 Å². The number of piperazine rings is 1. The lowest BCUT2D eigenvalue weighted by atomic mass is 10.1. The number of para-hydroxylation sites is 1. The Morgan fingerprint density at radius 1 is 1.03 bits per heavy atom. The lowest BCUT2D eigenvalue weighted by Gasteiger charge is -2.36.